The Morgan fingerprint density at radius 2 is 1.69 bits per heavy atom. The molecule has 15 heteroatoms. The summed E-state index contributed by atoms with van der Waals surface area (Å²) in [6.07, 6.45) is -2.27. The van der Waals surface area contributed by atoms with E-state index in [1.807, 2.05) is 36.9 Å². The molecule has 1 heterocycles. The van der Waals surface area contributed by atoms with Crippen LogP contribution in [-0.4, -0.2) is 79.5 Å². The van der Waals surface area contributed by atoms with Gasteiger partial charge in [-0.25, -0.2) is 18.4 Å². The number of aliphatic carboxylic acids is 1. The molecule has 1 aliphatic heterocycles. The number of methoxy groups -OCH3 is 2. The van der Waals surface area contributed by atoms with Crippen molar-refractivity contribution in [1.82, 2.24) is 15.5 Å². The van der Waals surface area contributed by atoms with E-state index in [9.17, 15) is 31.5 Å². The lowest BCUT2D eigenvalue weighted by molar-refractivity contribution is -0.192. The number of rotatable bonds is 8. The van der Waals surface area contributed by atoms with Crippen molar-refractivity contribution < 1.29 is 50.9 Å². The third-order valence-corrected chi connectivity index (χ3v) is 7.96. The maximum absolute atomic E-state index is 13.6. The summed E-state index contributed by atoms with van der Waals surface area (Å²) in [5, 5.41) is 15.9. The summed E-state index contributed by atoms with van der Waals surface area (Å²) in [6.45, 7) is 4.85. The first-order valence-corrected chi connectivity index (χ1v) is 14.2. The minimum atomic E-state index is -5.08. The Bertz CT molecular complexity index is 1370. The number of likely N-dealkylation sites (tertiary alicyclic amines) is 1. The number of carboxylic acid groups (broad SMARTS) is 1. The number of carbonyl (C=O) groups excluding carboxylic acids is 2. The SMILES string of the molecule is COc1ccc([C@@]23CC[C@@H](NC(=O)Nc4ccc(F)c(F)c4)C[C@@H]2N(C(=O)CNC(C)C)CC3)cc1OC.O=C(O)C(F)(F)F. The largest absolute Gasteiger partial charge is 0.493 e. The Morgan fingerprint density at radius 1 is 1.02 bits per heavy atom. The van der Waals surface area contributed by atoms with Crippen molar-refractivity contribution in [3.8, 4) is 11.5 Å². The van der Waals surface area contributed by atoms with Crippen molar-refractivity contribution in [2.75, 3.05) is 32.6 Å². The van der Waals surface area contributed by atoms with Gasteiger partial charge in [0.2, 0.25) is 5.91 Å². The van der Waals surface area contributed by atoms with Crippen molar-refractivity contribution in [1.29, 1.82) is 0 Å². The number of carboxylic acids is 1. The Hall–Kier alpha value is -4.14. The summed E-state index contributed by atoms with van der Waals surface area (Å²) < 4.78 is 69.5. The van der Waals surface area contributed by atoms with E-state index >= 15 is 0 Å². The number of hydrogen-bond acceptors (Lipinski definition) is 6. The number of urea groups is 1. The predicted molar refractivity (Wildman–Crippen MR) is 154 cm³/mol. The molecule has 1 saturated heterocycles. The molecular formula is C30H37F5N4O6. The van der Waals surface area contributed by atoms with Crippen molar-refractivity contribution in [3.05, 3.63) is 53.6 Å². The molecule has 2 fully saturated rings. The van der Waals surface area contributed by atoms with Crippen LogP contribution in [-0.2, 0) is 15.0 Å². The molecule has 1 saturated carbocycles. The fourth-order valence-electron chi connectivity index (χ4n) is 5.78. The minimum Gasteiger partial charge on any atom is -0.493 e. The van der Waals surface area contributed by atoms with E-state index in [0.29, 0.717) is 30.9 Å². The Kier molecular flexibility index (Phi) is 11.6. The number of nitrogens with one attached hydrogen (secondary N) is 3. The number of ether oxygens (including phenoxy) is 2. The normalized spacial score (nSPS) is 20.9. The molecular weight excluding hydrogens is 607 g/mol. The highest BCUT2D eigenvalue weighted by Gasteiger charge is 2.53. The van der Waals surface area contributed by atoms with E-state index in [0.717, 1.165) is 30.5 Å². The number of carbonyl (C=O) groups is 3. The number of alkyl halides is 3. The zero-order valence-electron chi connectivity index (χ0n) is 25.3. The van der Waals surface area contributed by atoms with Gasteiger partial charge >= 0.3 is 18.2 Å². The van der Waals surface area contributed by atoms with Crippen molar-refractivity contribution in [3.63, 3.8) is 0 Å². The van der Waals surface area contributed by atoms with Gasteiger partial charge < -0.3 is 35.4 Å². The molecule has 1 aliphatic carbocycles. The second-order valence-corrected chi connectivity index (χ2v) is 11.1. The van der Waals surface area contributed by atoms with Gasteiger partial charge in [0.25, 0.3) is 0 Å². The molecule has 0 bridgehead atoms. The molecule has 45 heavy (non-hydrogen) atoms. The lowest BCUT2D eigenvalue weighted by Gasteiger charge is -2.45. The van der Waals surface area contributed by atoms with E-state index in [1.165, 1.54) is 6.07 Å². The number of nitrogens with zero attached hydrogens (tertiary/aromatic N) is 1. The van der Waals surface area contributed by atoms with Crippen LogP contribution in [0, 0.1) is 11.6 Å². The lowest BCUT2D eigenvalue weighted by Crippen LogP contribution is -2.55. The van der Waals surface area contributed by atoms with Crippen molar-refractivity contribution in [2.24, 2.45) is 0 Å². The second kappa shape index (κ2) is 14.8. The fraction of sp³-hybridized carbons (Fsp3) is 0.500. The first-order chi connectivity index (χ1) is 21.1. The van der Waals surface area contributed by atoms with Crippen LogP contribution in [0.15, 0.2) is 36.4 Å². The number of anilines is 1. The van der Waals surface area contributed by atoms with Gasteiger partial charge in [-0.3, -0.25) is 4.79 Å². The Balaban J connectivity index is 0.000000707. The highest BCUT2D eigenvalue weighted by Crippen LogP contribution is 2.50. The fourth-order valence-corrected chi connectivity index (χ4v) is 5.78. The summed E-state index contributed by atoms with van der Waals surface area (Å²) in [4.78, 5) is 36.8. The molecule has 0 aromatic heterocycles. The molecule has 3 atom stereocenters. The van der Waals surface area contributed by atoms with Crippen LogP contribution in [0.4, 0.5) is 32.4 Å². The highest BCUT2D eigenvalue weighted by molar-refractivity contribution is 5.89. The van der Waals surface area contributed by atoms with Crippen LogP contribution in [0.5, 0.6) is 11.5 Å². The molecule has 248 valence electrons. The molecule has 2 aromatic rings. The number of halogens is 5. The van der Waals surface area contributed by atoms with Gasteiger partial charge in [0.15, 0.2) is 23.1 Å². The maximum atomic E-state index is 13.6. The molecule has 2 aromatic carbocycles. The minimum absolute atomic E-state index is 0.0259. The van der Waals surface area contributed by atoms with E-state index < -0.39 is 29.8 Å². The maximum Gasteiger partial charge on any atom is 0.490 e. The standard InChI is InChI=1S/C28H36F2N4O4.C2HF3O2/c1-17(2)31-16-26(35)34-12-11-28(18-5-8-23(37-3)24(13-18)38-4)10-9-20(15-25(28)34)33-27(36)32-19-6-7-21(29)22(30)14-19;3-2(4,5)1(6)7/h5-8,13-14,17,20,25,31H,9-12,15-16H2,1-4H3,(H2,32,33,36);(H,6,7)/t20-,25+,28+;/m1./s1. The zero-order chi connectivity index (χ0) is 33.5. The Morgan fingerprint density at radius 3 is 2.27 bits per heavy atom. The van der Waals surface area contributed by atoms with Gasteiger partial charge in [0.1, 0.15) is 0 Å². The van der Waals surface area contributed by atoms with Gasteiger partial charge in [0, 0.05) is 41.8 Å². The number of hydrogen-bond donors (Lipinski definition) is 4. The molecule has 0 unspecified atom stereocenters. The molecule has 4 N–H and O–H groups in total. The van der Waals surface area contributed by atoms with Crippen LogP contribution in [0.25, 0.3) is 0 Å². The molecule has 10 nitrogen and oxygen atoms in total. The monoisotopic (exact) mass is 644 g/mol. The number of fused-ring (bicyclic) bond motifs is 1. The van der Waals surface area contributed by atoms with Crippen LogP contribution in [0.3, 0.4) is 0 Å². The van der Waals surface area contributed by atoms with E-state index in [2.05, 4.69) is 16.0 Å². The Labute approximate surface area is 257 Å². The van der Waals surface area contributed by atoms with Crippen molar-refractivity contribution in [2.45, 2.75) is 69.2 Å². The molecule has 0 radical (unpaired) electrons. The predicted octanol–water partition coefficient (Wildman–Crippen LogP) is 4.83. The molecule has 2 aliphatic rings. The molecule has 3 amide bonds. The summed E-state index contributed by atoms with van der Waals surface area (Å²) >= 11 is 0. The van der Waals surface area contributed by atoms with Crippen LogP contribution in [0.2, 0.25) is 0 Å². The average molecular weight is 645 g/mol. The summed E-state index contributed by atoms with van der Waals surface area (Å²) in [5.41, 5.74) is 0.952. The third-order valence-electron chi connectivity index (χ3n) is 7.96. The van der Waals surface area contributed by atoms with Crippen LogP contribution >= 0.6 is 0 Å². The van der Waals surface area contributed by atoms with Gasteiger partial charge in [0.05, 0.1) is 20.8 Å². The summed E-state index contributed by atoms with van der Waals surface area (Å²) in [6, 6.07) is 8.48. The first-order valence-electron chi connectivity index (χ1n) is 14.2. The quantitative estimate of drug-likeness (QED) is 0.303. The highest BCUT2D eigenvalue weighted by atomic mass is 19.4. The topological polar surface area (TPSA) is 129 Å². The van der Waals surface area contributed by atoms with Crippen LogP contribution in [0.1, 0.15) is 45.1 Å². The lowest BCUT2D eigenvalue weighted by atomic mass is 9.65. The van der Waals surface area contributed by atoms with Crippen molar-refractivity contribution >= 4 is 23.6 Å². The van der Waals surface area contributed by atoms with E-state index in [1.54, 1.807) is 14.2 Å². The van der Waals surface area contributed by atoms with Gasteiger partial charge in [-0.15, -0.1) is 0 Å². The first kappa shape index (κ1) is 35.3. The van der Waals surface area contributed by atoms with Gasteiger partial charge in [-0.05, 0) is 55.5 Å². The summed E-state index contributed by atoms with van der Waals surface area (Å²) in [7, 11) is 3.20. The van der Waals surface area contributed by atoms with Gasteiger partial charge in [-0.1, -0.05) is 19.9 Å². The number of benzene rings is 2. The van der Waals surface area contributed by atoms with E-state index in [4.69, 9.17) is 19.4 Å². The second-order valence-electron chi connectivity index (χ2n) is 11.1. The number of amides is 3. The average Bonchev–Trinajstić information content (AvgIpc) is 3.37. The third kappa shape index (κ3) is 8.74. The van der Waals surface area contributed by atoms with E-state index in [-0.39, 0.29) is 41.7 Å². The molecule has 0 spiro atoms. The smallest absolute Gasteiger partial charge is 0.490 e. The van der Waals surface area contributed by atoms with Crippen LogP contribution < -0.4 is 25.4 Å². The molecule has 4 rings (SSSR count). The van der Waals surface area contributed by atoms with Gasteiger partial charge in [-0.2, -0.15) is 13.2 Å². The summed E-state index contributed by atoms with van der Waals surface area (Å²) in [5.74, 6) is -3.47. The zero-order valence-corrected chi connectivity index (χ0v) is 25.3.